The van der Waals surface area contributed by atoms with Crippen LogP contribution < -0.4 is 5.32 Å². The van der Waals surface area contributed by atoms with E-state index < -0.39 is 0 Å². The number of nitrogens with zero attached hydrogens (tertiary/aromatic N) is 2. The number of benzene rings is 2. The highest BCUT2D eigenvalue weighted by Gasteiger charge is 2.25. The first-order valence-corrected chi connectivity index (χ1v) is 11.2. The lowest BCUT2D eigenvalue weighted by Crippen LogP contribution is -2.39. The lowest BCUT2D eigenvalue weighted by atomic mass is 9.89. The number of carbonyl (C=O) groups excluding carboxylic acids is 2. The van der Waals surface area contributed by atoms with Gasteiger partial charge in [0.25, 0.3) is 5.91 Å². The number of hydrogen-bond acceptors (Lipinski definition) is 3. The van der Waals surface area contributed by atoms with Crippen LogP contribution in [0.2, 0.25) is 0 Å². The molecule has 1 fully saturated rings. The van der Waals surface area contributed by atoms with Crippen LogP contribution in [0.4, 0.5) is 0 Å². The zero-order chi connectivity index (χ0) is 21.9. The molecule has 5 rings (SSSR count). The summed E-state index contributed by atoms with van der Waals surface area (Å²) in [5.41, 5.74) is 2.83. The van der Waals surface area contributed by atoms with Gasteiger partial charge in [0, 0.05) is 49.4 Å². The number of aromatic amines is 1. The number of piperidine rings is 1. The Balaban J connectivity index is 1.11. The van der Waals surface area contributed by atoms with E-state index in [2.05, 4.69) is 27.5 Å². The van der Waals surface area contributed by atoms with E-state index in [0.29, 0.717) is 24.4 Å². The third kappa shape index (κ3) is 4.08. The number of pyridine rings is 1. The van der Waals surface area contributed by atoms with Crippen LogP contribution in [0.25, 0.3) is 21.8 Å². The number of amides is 2. The minimum absolute atomic E-state index is 0.0999. The van der Waals surface area contributed by atoms with Gasteiger partial charge in [-0.2, -0.15) is 0 Å². The maximum atomic E-state index is 12.7. The fourth-order valence-corrected chi connectivity index (χ4v) is 4.63. The monoisotopic (exact) mass is 426 g/mol. The molecular formula is C26H26N4O2. The Morgan fingerprint density at radius 1 is 1.03 bits per heavy atom. The quantitative estimate of drug-likeness (QED) is 0.501. The van der Waals surface area contributed by atoms with E-state index in [1.165, 1.54) is 10.9 Å². The molecule has 4 aromatic rings. The molecule has 6 heteroatoms. The molecule has 0 radical (unpaired) electrons. The lowest BCUT2D eigenvalue weighted by Gasteiger charge is -2.32. The molecule has 2 aromatic heterocycles. The minimum atomic E-state index is -0.143. The van der Waals surface area contributed by atoms with Crippen molar-refractivity contribution in [2.24, 2.45) is 0 Å². The van der Waals surface area contributed by atoms with E-state index in [-0.39, 0.29) is 11.8 Å². The smallest absolute Gasteiger partial charge is 0.251 e. The number of aromatic nitrogens is 2. The van der Waals surface area contributed by atoms with Gasteiger partial charge in [-0.15, -0.1) is 0 Å². The maximum absolute atomic E-state index is 12.7. The number of H-pyrrole nitrogens is 1. The van der Waals surface area contributed by atoms with E-state index >= 15 is 0 Å². The highest BCUT2D eigenvalue weighted by molar-refractivity contribution is 5.98. The van der Waals surface area contributed by atoms with Gasteiger partial charge in [0.05, 0.1) is 0 Å². The SMILES string of the molecule is O=C(NCCC(=O)N1CCC(c2c[nH]c3ncccc23)CC1)c1ccc2ccccc2c1. The largest absolute Gasteiger partial charge is 0.352 e. The molecule has 2 aromatic carbocycles. The highest BCUT2D eigenvalue weighted by atomic mass is 16.2. The fraction of sp³-hybridized carbons (Fsp3) is 0.269. The van der Waals surface area contributed by atoms with E-state index in [4.69, 9.17) is 0 Å². The summed E-state index contributed by atoms with van der Waals surface area (Å²) in [6.07, 6.45) is 6.06. The molecule has 0 atom stereocenters. The van der Waals surface area contributed by atoms with Crippen LogP contribution in [-0.4, -0.2) is 46.3 Å². The topological polar surface area (TPSA) is 78.1 Å². The summed E-state index contributed by atoms with van der Waals surface area (Å²) >= 11 is 0. The van der Waals surface area contributed by atoms with Gasteiger partial charge in [-0.05, 0) is 59.4 Å². The molecule has 2 amide bonds. The molecule has 2 N–H and O–H groups in total. The first kappa shape index (κ1) is 20.2. The van der Waals surface area contributed by atoms with Crippen LogP contribution in [0.1, 0.15) is 41.1 Å². The summed E-state index contributed by atoms with van der Waals surface area (Å²) in [4.78, 5) is 34.7. The minimum Gasteiger partial charge on any atom is -0.352 e. The van der Waals surface area contributed by atoms with Gasteiger partial charge in [-0.1, -0.05) is 30.3 Å². The first-order valence-electron chi connectivity index (χ1n) is 11.2. The van der Waals surface area contributed by atoms with Crippen LogP contribution in [0.3, 0.4) is 0 Å². The second kappa shape index (κ2) is 8.83. The molecule has 1 aliphatic rings. The van der Waals surface area contributed by atoms with Crippen molar-refractivity contribution in [2.75, 3.05) is 19.6 Å². The number of fused-ring (bicyclic) bond motifs is 2. The molecule has 0 aliphatic carbocycles. The predicted octanol–water partition coefficient (Wildman–Crippen LogP) is 4.24. The van der Waals surface area contributed by atoms with E-state index in [1.54, 1.807) is 6.20 Å². The fourth-order valence-electron chi connectivity index (χ4n) is 4.63. The standard InChI is InChI=1S/C26H26N4O2/c31-24(9-13-28-26(32)21-8-7-18-4-1-2-5-20(18)16-21)30-14-10-19(11-15-30)23-17-29-25-22(23)6-3-12-27-25/h1-8,12,16-17,19H,9-11,13-15H2,(H,27,29)(H,28,32). The molecule has 0 spiro atoms. The van der Waals surface area contributed by atoms with Crippen molar-refractivity contribution in [3.05, 3.63) is 78.1 Å². The van der Waals surface area contributed by atoms with Crippen molar-refractivity contribution in [1.29, 1.82) is 0 Å². The van der Waals surface area contributed by atoms with Crippen molar-refractivity contribution >= 4 is 33.6 Å². The van der Waals surface area contributed by atoms with Gasteiger partial charge in [-0.3, -0.25) is 9.59 Å². The van der Waals surface area contributed by atoms with Gasteiger partial charge in [0.2, 0.25) is 5.91 Å². The number of carbonyl (C=O) groups is 2. The van der Waals surface area contributed by atoms with Crippen LogP contribution in [0, 0.1) is 0 Å². The Morgan fingerprint density at radius 2 is 1.84 bits per heavy atom. The van der Waals surface area contributed by atoms with E-state index in [9.17, 15) is 9.59 Å². The summed E-state index contributed by atoms with van der Waals surface area (Å²) < 4.78 is 0. The molecule has 1 aliphatic heterocycles. The maximum Gasteiger partial charge on any atom is 0.251 e. The van der Waals surface area contributed by atoms with Crippen molar-refractivity contribution in [2.45, 2.75) is 25.2 Å². The molecule has 32 heavy (non-hydrogen) atoms. The highest BCUT2D eigenvalue weighted by Crippen LogP contribution is 2.32. The van der Waals surface area contributed by atoms with Gasteiger partial charge >= 0.3 is 0 Å². The first-order chi connectivity index (χ1) is 15.7. The molecule has 162 valence electrons. The third-order valence-electron chi connectivity index (χ3n) is 6.41. The predicted molar refractivity (Wildman–Crippen MR) is 126 cm³/mol. The Bertz CT molecular complexity index is 1270. The van der Waals surface area contributed by atoms with Gasteiger partial charge in [-0.25, -0.2) is 4.98 Å². The normalized spacial score (nSPS) is 14.7. The van der Waals surface area contributed by atoms with E-state index in [0.717, 1.165) is 42.4 Å². The summed E-state index contributed by atoms with van der Waals surface area (Å²) in [6, 6.07) is 17.7. The molecule has 0 saturated carbocycles. The molecular weight excluding hydrogens is 400 g/mol. The van der Waals surface area contributed by atoms with Crippen LogP contribution in [0.15, 0.2) is 67.0 Å². The van der Waals surface area contributed by atoms with Crippen LogP contribution in [0.5, 0.6) is 0 Å². The van der Waals surface area contributed by atoms with Gasteiger partial charge in [0.1, 0.15) is 5.65 Å². The summed E-state index contributed by atoms with van der Waals surface area (Å²) in [6.45, 7) is 1.84. The second-order valence-electron chi connectivity index (χ2n) is 8.37. The molecule has 1 saturated heterocycles. The van der Waals surface area contributed by atoms with Crippen molar-refractivity contribution in [3.63, 3.8) is 0 Å². The number of hydrogen-bond donors (Lipinski definition) is 2. The Kier molecular flexibility index (Phi) is 5.58. The lowest BCUT2D eigenvalue weighted by molar-refractivity contribution is -0.132. The summed E-state index contributed by atoms with van der Waals surface area (Å²) in [5, 5.41) is 6.20. The van der Waals surface area contributed by atoms with Crippen molar-refractivity contribution < 1.29 is 9.59 Å². The third-order valence-corrected chi connectivity index (χ3v) is 6.41. The molecule has 6 nitrogen and oxygen atoms in total. The van der Waals surface area contributed by atoms with Crippen molar-refractivity contribution in [3.8, 4) is 0 Å². The zero-order valence-corrected chi connectivity index (χ0v) is 17.9. The molecule has 0 bridgehead atoms. The van der Waals surface area contributed by atoms with Crippen LogP contribution in [-0.2, 0) is 4.79 Å². The summed E-state index contributed by atoms with van der Waals surface area (Å²) in [7, 11) is 0. The van der Waals surface area contributed by atoms with Gasteiger partial charge in [0.15, 0.2) is 0 Å². The second-order valence-corrected chi connectivity index (χ2v) is 8.37. The Labute approximate surface area is 186 Å². The van der Waals surface area contributed by atoms with Crippen LogP contribution >= 0.6 is 0 Å². The average Bonchev–Trinajstić information content (AvgIpc) is 3.28. The number of nitrogens with one attached hydrogen (secondary N) is 2. The Hall–Kier alpha value is -3.67. The number of likely N-dealkylation sites (tertiary alicyclic amines) is 1. The molecule has 3 heterocycles. The van der Waals surface area contributed by atoms with Crippen molar-refractivity contribution in [1.82, 2.24) is 20.2 Å². The van der Waals surface area contributed by atoms with E-state index in [1.807, 2.05) is 53.4 Å². The number of rotatable bonds is 5. The zero-order valence-electron chi connectivity index (χ0n) is 17.9. The Morgan fingerprint density at radius 3 is 2.69 bits per heavy atom. The average molecular weight is 427 g/mol. The summed E-state index contributed by atoms with van der Waals surface area (Å²) in [5.74, 6) is 0.391. The molecule has 0 unspecified atom stereocenters. The van der Waals surface area contributed by atoms with Gasteiger partial charge < -0.3 is 15.2 Å².